The molecular formula is C24H35N3O4. The van der Waals surface area contributed by atoms with E-state index >= 15 is 0 Å². The van der Waals surface area contributed by atoms with E-state index in [1.54, 1.807) is 7.11 Å². The fraction of sp³-hybridized carbons (Fsp3) is 0.667. The number of rotatable bonds is 5. The first-order valence-corrected chi connectivity index (χ1v) is 11.5. The Bertz CT molecular complexity index is 793. The van der Waals surface area contributed by atoms with Crippen molar-refractivity contribution in [3.63, 3.8) is 0 Å². The summed E-state index contributed by atoms with van der Waals surface area (Å²) < 4.78 is 11.4. The van der Waals surface area contributed by atoms with Crippen LogP contribution in [0.3, 0.4) is 0 Å². The van der Waals surface area contributed by atoms with Crippen molar-refractivity contribution in [3.05, 3.63) is 34.9 Å². The summed E-state index contributed by atoms with van der Waals surface area (Å²) in [5, 5.41) is 3.38. The van der Waals surface area contributed by atoms with E-state index in [9.17, 15) is 9.59 Å². The molecule has 7 nitrogen and oxygen atoms in total. The molecule has 0 aliphatic carbocycles. The topological polar surface area (TPSA) is 71.1 Å². The zero-order valence-electron chi connectivity index (χ0n) is 19.0. The molecule has 3 aliphatic heterocycles. The lowest BCUT2D eigenvalue weighted by atomic mass is 9.82. The van der Waals surface area contributed by atoms with E-state index in [4.69, 9.17) is 9.47 Å². The van der Waals surface area contributed by atoms with E-state index in [2.05, 4.69) is 5.32 Å². The second-order valence-electron chi connectivity index (χ2n) is 9.18. The third-order valence-corrected chi connectivity index (χ3v) is 7.33. The monoisotopic (exact) mass is 429 g/mol. The Balaban J connectivity index is 1.47. The highest BCUT2D eigenvalue weighted by Crippen LogP contribution is 2.41. The van der Waals surface area contributed by atoms with Crippen LogP contribution in [0.2, 0.25) is 0 Å². The van der Waals surface area contributed by atoms with Crippen LogP contribution in [0.25, 0.3) is 0 Å². The number of benzene rings is 1. The van der Waals surface area contributed by atoms with Crippen molar-refractivity contribution in [1.82, 2.24) is 15.1 Å². The summed E-state index contributed by atoms with van der Waals surface area (Å²) in [6, 6.07) is 6.11. The van der Waals surface area contributed by atoms with Crippen molar-refractivity contribution < 1.29 is 19.1 Å². The lowest BCUT2D eigenvalue weighted by Gasteiger charge is -2.42. The number of likely N-dealkylation sites (tertiary alicyclic amines) is 1. The minimum atomic E-state index is -0.411. The molecule has 3 saturated heterocycles. The van der Waals surface area contributed by atoms with Crippen LogP contribution in [0.5, 0.6) is 0 Å². The van der Waals surface area contributed by atoms with E-state index in [0.29, 0.717) is 19.7 Å². The minimum absolute atomic E-state index is 0.0351. The van der Waals surface area contributed by atoms with Crippen molar-refractivity contribution in [2.75, 3.05) is 39.9 Å². The molecule has 1 aromatic carbocycles. The molecule has 2 amide bonds. The molecule has 0 bridgehead atoms. The maximum atomic E-state index is 13.2. The molecule has 0 saturated carbocycles. The summed E-state index contributed by atoms with van der Waals surface area (Å²) >= 11 is 0. The predicted molar refractivity (Wildman–Crippen MR) is 118 cm³/mol. The second kappa shape index (κ2) is 9.17. The van der Waals surface area contributed by atoms with E-state index in [1.807, 2.05) is 41.8 Å². The molecule has 7 heteroatoms. The van der Waals surface area contributed by atoms with Crippen LogP contribution in [0.4, 0.5) is 4.79 Å². The van der Waals surface area contributed by atoms with Crippen molar-refractivity contribution in [2.24, 2.45) is 0 Å². The van der Waals surface area contributed by atoms with Gasteiger partial charge in [0.05, 0.1) is 6.04 Å². The molecule has 0 radical (unpaired) electrons. The Kier molecular flexibility index (Phi) is 6.53. The standard InChI is InChI=1S/C24H35N3O4/c1-17-5-4-6-18(2)21(17)22(28)26-14-7-19(8-15-26)27-20(9-16-30-3)24(31-23(27)29)10-12-25-13-11-24/h4-6,19-20,25H,7-16H2,1-3H3. The first kappa shape index (κ1) is 22.1. The van der Waals surface area contributed by atoms with Gasteiger partial charge in [0.2, 0.25) is 0 Å². The molecule has 3 aliphatic rings. The summed E-state index contributed by atoms with van der Waals surface area (Å²) in [4.78, 5) is 30.1. The Morgan fingerprint density at radius 1 is 1.19 bits per heavy atom. The molecule has 1 N–H and O–H groups in total. The van der Waals surface area contributed by atoms with Crippen LogP contribution >= 0.6 is 0 Å². The first-order valence-electron chi connectivity index (χ1n) is 11.5. The largest absolute Gasteiger partial charge is 0.440 e. The zero-order chi connectivity index (χ0) is 22.0. The number of amides is 2. The number of nitrogens with zero attached hydrogens (tertiary/aromatic N) is 2. The zero-order valence-corrected chi connectivity index (χ0v) is 19.0. The van der Waals surface area contributed by atoms with Crippen molar-refractivity contribution >= 4 is 12.0 Å². The number of piperidine rings is 2. The summed E-state index contributed by atoms with van der Waals surface area (Å²) in [7, 11) is 1.70. The van der Waals surface area contributed by atoms with Crippen LogP contribution < -0.4 is 5.32 Å². The molecule has 3 fully saturated rings. The maximum Gasteiger partial charge on any atom is 0.411 e. The second-order valence-corrected chi connectivity index (χ2v) is 9.18. The summed E-state index contributed by atoms with van der Waals surface area (Å²) in [6.07, 6.45) is 3.83. The van der Waals surface area contributed by atoms with Gasteiger partial charge < -0.3 is 19.7 Å². The summed E-state index contributed by atoms with van der Waals surface area (Å²) in [5.41, 5.74) is 2.44. The van der Waals surface area contributed by atoms with Gasteiger partial charge in [-0.1, -0.05) is 18.2 Å². The van der Waals surface area contributed by atoms with E-state index in [-0.39, 0.29) is 24.1 Å². The van der Waals surface area contributed by atoms with Gasteiger partial charge in [0.25, 0.3) is 5.91 Å². The number of hydrogen-bond donors (Lipinski definition) is 1. The van der Waals surface area contributed by atoms with E-state index in [1.165, 1.54) is 0 Å². The van der Waals surface area contributed by atoms with Crippen LogP contribution in [0.15, 0.2) is 18.2 Å². The first-order chi connectivity index (χ1) is 15.0. The summed E-state index contributed by atoms with van der Waals surface area (Å²) in [5.74, 6) is 0.101. The number of carbonyl (C=O) groups excluding carboxylic acids is 2. The number of nitrogens with one attached hydrogen (secondary N) is 1. The van der Waals surface area contributed by atoms with Crippen LogP contribution in [-0.4, -0.2) is 79.4 Å². The Hall–Kier alpha value is -2.12. The number of methoxy groups -OCH3 is 1. The van der Waals surface area contributed by atoms with Gasteiger partial charge in [0.1, 0.15) is 5.60 Å². The van der Waals surface area contributed by atoms with Gasteiger partial charge in [0.15, 0.2) is 0 Å². The van der Waals surface area contributed by atoms with Crippen molar-refractivity contribution in [3.8, 4) is 0 Å². The fourth-order valence-electron chi connectivity index (χ4n) is 5.65. The molecule has 3 heterocycles. The molecule has 0 aromatic heterocycles. The van der Waals surface area contributed by atoms with Crippen LogP contribution in [0.1, 0.15) is 53.6 Å². The third kappa shape index (κ3) is 4.17. The molecule has 1 atom stereocenters. The smallest absolute Gasteiger partial charge is 0.411 e. The molecule has 170 valence electrons. The molecular weight excluding hydrogens is 394 g/mol. The molecule has 31 heavy (non-hydrogen) atoms. The molecule has 4 rings (SSSR count). The Morgan fingerprint density at radius 2 is 1.84 bits per heavy atom. The van der Waals surface area contributed by atoms with Crippen molar-refractivity contribution in [2.45, 2.75) is 63.6 Å². The van der Waals surface area contributed by atoms with Gasteiger partial charge in [-0.25, -0.2) is 4.79 Å². The van der Waals surface area contributed by atoms with Gasteiger partial charge in [-0.3, -0.25) is 9.69 Å². The number of hydrogen-bond acceptors (Lipinski definition) is 5. The van der Waals surface area contributed by atoms with Gasteiger partial charge in [-0.15, -0.1) is 0 Å². The maximum absolute atomic E-state index is 13.2. The van der Waals surface area contributed by atoms with Gasteiger partial charge in [-0.05, 0) is 57.3 Å². The van der Waals surface area contributed by atoms with Gasteiger partial charge >= 0.3 is 6.09 Å². The number of ether oxygens (including phenoxy) is 2. The quantitative estimate of drug-likeness (QED) is 0.779. The Labute approximate surface area is 185 Å². The molecule has 1 unspecified atom stereocenters. The van der Waals surface area contributed by atoms with E-state index < -0.39 is 5.60 Å². The highest BCUT2D eigenvalue weighted by molar-refractivity contribution is 5.97. The summed E-state index contributed by atoms with van der Waals surface area (Å²) in [6.45, 7) is 7.65. The number of carbonyl (C=O) groups is 2. The normalized spacial score (nSPS) is 24.0. The van der Waals surface area contributed by atoms with Gasteiger partial charge in [0, 0.05) is 51.3 Å². The minimum Gasteiger partial charge on any atom is -0.440 e. The van der Waals surface area contributed by atoms with Gasteiger partial charge in [-0.2, -0.15) is 0 Å². The lowest BCUT2D eigenvalue weighted by molar-refractivity contribution is -0.00411. The van der Waals surface area contributed by atoms with Crippen LogP contribution in [-0.2, 0) is 9.47 Å². The van der Waals surface area contributed by atoms with Crippen LogP contribution in [0, 0.1) is 13.8 Å². The number of aryl methyl sites for hydroxylation is 2. The highest BCUT2D eigenvalue weighted by Gasteiger charge is 2.55. The lowest BCUT2D eigenvalue weighted by Crippen LogP contribution is -2.55. The Morgan fingerprint density at radius 3 is 2.45 bits per heavy atom. The SMILES string of the molecule is COCCC1N(C2CCN(C(=O)c3c(C)cccc3C)CC2)C(=O)OC12CCNCC2. The fourth-order valence-corrected chi connectivity index (χ4v) is 5.65. The van der Waals surface area contributed by atoms with Crippen molar-refractivity contribution in [1.29, 1.82) is 0 Å². The molecule has 1 spiro atoms. The van der Waals surface area contributed by atoms with E-state index in [0.717, 1.165) is 61.9 Å². The highest BCUT2D eigenvalue weighted by atomic mass is 16.6. The predicted octanol–water partition coefficient (Wildman–Crippen LogP) is 2.89. The average molecular weight is 430 g/mol. The average Bonchev–Trinajstić information content (AvgIpc) is 3.02. The molecule has 1 aromatic rings. The third-order valence-electron chi connectivity index (χ3n) is 7.33.